The van der Waals surface area contributed by atoms with Crippen molar-refractivity contribution in [2.45, 2.75) is 32.0 Å². The van der Waals surface area contributed by atoms with Gasteiger partial charge in [0.05, 0.1) is 17.7 Å². The summed E-state index contributed by atoms with van der Waals surface area (Å²) in [5.41, 5.74) is 0.882. The number of nitrogens with zero attached hydrogens (tertiary/aromatic N) is 5. The van der Waals surface area contributed by atoms with Crippen molar-refractivity contribution in [2.75, 3.05) is 13.7 Å². The number of aromatic amines is 1. The summed E-state index contributed by atoms with van der Waals surface area (Å²) >= 11 is 0. The molecule has 8 heteroatoms. The second kappa shape index (κ2) is 6.29. The van der Waals surface area contributed by atoms with Gasteiger partial charge in [-0.3, -0.25) is 14.6 Å². The van der Waals surface area contributed by atoms with Gasteiger partial charge in [0, 0.05) is 31.7 Å². The monoisotopic (exact) mass is 340 g/mol. The van der Waals surface area contributed by atoms with E-state index in [2.05, 4.69) is 20.3 Å². The summed E-state index contributed by atoms with van der Waals surface area (Å²) in [6, 6.07) is 7.65. The summed E-state index contributed by atoms with van der Waals surface area (Å²) in [4.78, 5) is 19.1. The Labute approximate surface area is 144 Å². The van der Waals surface area contributed by atoms with Crippen LogP contribution in [0, 0.1) is 6.92 Å². The lowest BCUT2D eigenvalue weighted by molar-refractivity contribution is -0.133. The number of H-pyrrole nitrogens is 1. The molecule has 1 amide bonds. The fourth-order valence-electron chi connectivity index (χ4n) is 3.32. The van der Waals surface area contributed by atoms with Gasteiger partial charge in [0.2, 0.25) is 5.91 Å². The number of hydrogen-bond donors (Lipinski definition) is 1. The minimum absolute atomic E-state index is 0.00977. The predicted molar refractivity (Wildman–Crippen MR) is 90.7 cm³/mol. The Morgan fingerprint density at radius 1 is 1.40 bits per heavy atom. The van der Waals surface area contributed by atoms with Crippen molar-refractivity contribution < 1.29 is 9.53 Å². The van der Waals surface area contributed by atoms with Crippen molar-refractivity contribution >= 4 is 16.8 Å². The minimum atomic E-state index is -0.174. The summed E-state index contributed by atoms with van der Waals surface area (Å²) < 4.78 is 7.15. The molecular formula is C17H20N6O2. The largest absolute Gasteiger partial charge is 0.380 e. The van der Waals surface area contributed by atoms with E-state index in [0.29, 0.717) is 18.8 Å². The molecule has 0 spiro atoms. The average Bonchev–Trinajstić information content (AvgIpc) is 3.30. The number of benzene rings is 1. The van der Waals surface area contributed by atoms with Gasteiger partial charge in [-0.1, -0.05) is 18.2 Å². The zero-order chi connectivity index (χ0) is 17.4. The van der Waals surface area contributed by atoms with Crippen molar-refractivity contribution in [1.82, 2.24) is 29.9 Å². The molecule has 0 saturated carbocycles. The molecule has 130 valence electrons. The topological polar surface area (TPSA) is 88.9 Å². The first-order valence-electron chi connectivity index (χ1n) is 8.27. The van der Waals surface area contributed by atoms with Gasteiger partial charge in [-0.15, -0.1) is 0 Å². The van der Waals surface area contributed by atoms with Crippen molar-refractivity contribution in [3.8, 4) is 0 Å². The summed E-state index contributed by atoms with van der Waals surface area (Å²) in [5, 5.41) is 12.6. The number of rotatable bonds is 4. The molecule has 0 bridgehead atoms. The van der Waals surface area contributed by atoms with Crippen LogP contribution in [0.1, 0.15) is 24.1 Å². The lowest BCUT2D eigenvalue weighted by Crippen LogP contribution is -2.35. The van der Waals surface area contributed by atoms with Gasteiger partial charge in [-0.25, -0.2) is 4.98 Å². The van der Waals surface area contributed by atoms with Crippen LogP contribution in [0.4, 0.5) is 0 Å². The Kier molecular flexibility index (Phi) is 3.96. The number of ether oxygens (including phenoxy) is 1. The number of amides is 1. The molecule has 0 radical (unpaired) electrons. The van der Waals surface area contributed by atoms with Crippen LogP contribution in [0.2, 0.25) is 0 Å². The number of carbonyl (C=O) groups excluding carboxylic acids is 1. The first-order chi connectivity index (χ1) is 12.1. The Hall–Kier alpha value is -2.74. The van der Waals surface area contributed by atoms with Gasteiger partial charge in [-0.2, -0.15) is 10.2 Å². The van der Waals surface area contributed by atoms with E-state index in [1.54, 1.807) is 16.7 Å². The molecule has 0 aliphatic carbocycles. The number of nitrogens with one attached hydrogen (secondary N) is 1. The van der Waals surface area contributed by atoms with E-state index in [-0.39, 0.29) is 24.6 Å². The zero-order valence-corrected chi connectivity index (χ0v) is 14.2. The highest BCUT2D eigenvalue weighted by atomic mass is 16.5. The predicted octanol–water partition coefficient (Wildman–Crippen LogP) is 1.45. The highest BCUT2D eigenvalue weighted by Crippen LogP contribution is 2.31. The van der Waals surface area contributed by atoms with Crippen LogP contribution in [0.15, 0.2) is 30.5 Å². The summed E-state index contributed by atoms with van der Waals surface area (Å²) in [5.74, 6) is 1.36. The van der Waals surface area contributed by atoms with Crippen LogP contribution >= 0.6 is 0 Å². The lowest BCUT2D eigenvalue weighted by Gasteiger charge is -2.22. The molecule has 2 aromatic heterocycles. The number of methoxy groups -OCH3 is 1. The standard InChI is InChI=1S/C17H20N6O2/c1-11-18-17(20-19-11)15-7-13(25-2)9-23(15)16(24)10-22-8-12-5-3-4-6-14(12)21-22/h3-6,8,13,15H,7,9-10H2,1-2H3,(H,18,19,20)/t13-,15+/m1/s1. The third-order valence-electron chi connectivity index (χ3n) is 4.59. The third-order valence-corrected chi connectivity index (χ3v) is 4.59. The molecule has 0 unspecified atom stereocenters. The quantitative estimate of drug-likeness (QED) is 0.776. The van der Waals surface area contributed by atoms with Gasteiger partial charge < -0.3 is 9.64 Å². The molecule has 1 aliphatic rings. The van der Waals surface area contributed by atoms with Crippen LogP contribution in [0.25, 0.3) is 10.9 Å². The molecule has 4 rings (SSSR count). The summed E-state index contributed by atoms with van der Waals surface area (Å²) in [6.45, 7) is 2.57. The maximum absolute atomic E-state index is 12.9. The average molecular weight is 340 g/mol. The van der Waals surface area contributed by atoms with E-state index in [0.717, 1.165) is 16.7 Å². The smallest absolute Gasteiger partial charge is 0.245 e. The van der Waals surface area contributed by atoms with Crippen molar-refractivity contribution in [3.63, 3.8) is 0 Å². The van der Waals surface area contributed by atoms with E-state index in [1.165, 1.54) is 0 Å². The van der Waals surface area contributed by atoms with Gasteiger partial charge >= 0.3 is 0 Å². The number of aromatic nitrogens is 5. The highest BCUT2D eigenvalue weighted by Gasteiger charge is 2.38. The number of carbonyl (C=O) groups is 1. The maximum Gasteiger partial charge on any atom is 0.245 e. The third kappa shape index (κ3) is 3.00. The molecule has 1 aromatic carbocycles. The zero-order valence-electron chi connectivity index (χ0n) is 14.2. The Morgan fingerprint density at radius 3 is 2.96 bits per heavy atom. The van der Waals surface area contributed by atoms with E-state index in [4.69, 9.17) is 4.74 Å². The summed E-state index contributed by atoms with van der Waals surface area (Å²) in [7, 11) is 1.67. The van der Waals surface area contributed by atoms with Crippen molar-refractivity contribution in [1.29, 1.82) is 0 Å². The van der Waals surface area contributed by atoms with E-state index in [9.17, 15) is 4.79 Å². The molecule has 1 aliphatic heterocycles. The molecule has 25 heavy (non-hydrogen) atoms. The van der Waals surface area contributed by atoms with Gasteiger partial charge in [0.25, 0.3) is 0 Å². The van der Waals surface area contributed by atoms with Gasteiger partial charge in [0.15, 0.2) is 5.82 Å². The fraction of sp³-hybridized carbons (Fsp3) is 0.412. The molecule has 8 nitrogen and oxygen atoms in total. The molecule has 1 saturated heterocycles. The second-order valence-corrected chi connectivity index (χ2v) is 6.32. The minimum Gasteiger partial charge on any atom is -0.380 e. The molecule has 2 atom stereocenters. The molecular weight excluding hydrogens is 320 g/mol. The van der Waals surface area contributed by atoms with Crippen molar-refractivity contribution in [3.05, 3.63) is 42.1 Å². The maximum atomic E-state index is 12.9. The number of fused-ring (bicyclic) bond motifs is 1. The lowest BCUT2D eigenvalue weighted by atomic mass is 10.2. The van der Waals surface area contributed by atoms with Crippen LogP contribution in [-0.2, 0) is 16.1 Å². The summed E-state index contributed by atoms with van der Waals surface area (Å²) in [6.07, 6.45) is 2.58. The number of likely N-dealkylation sites (tertiary alicyclic amines) is 1. The SMILES string of the molecule is CO[C@@H]1C[C@@H](c2n[nH]c(C)n2)N(C(=O)Cn2cc3ccccc3n2)C1. The Balaban J connectivity index is 1.56. The first kappa shape index (κ1) is 15.8. The first-order valence-corrected chi connectivity index (χ1v) is 8.27. The molecule has 3 heterocycles. The molecule has 1 N–H and O–H groups in total. The van der Waals surface area contributed by atoms with Crippen molar-refractivity contribution in [2.24, 2.45) is 0 Å². The fourth-order valence-corrected chi connectivity index (χ4v) is 3.32. The second-order valence-electron chi connectivity index (χ2n) is 6.32. The van der Waals surface area contributed by atoms with Crippen LogP contribution in [-0.4, -0.2) is 55.5 Å². The van der Waals surface area contributed by atoms with E-state index < -0.39 is 0 Å². The van der Waals surface area contributed by atoms with Crippen LogP contribution < -0.4 is 0 Å². The van der Waals surface area contributed by atoms with E-state index >= 15 is 0 Å². The van der Waals surface area contributed by atoms with Crippen LogP contribution in [0.5, 0.6) is 0 Å². The Morgan fingerprint density at radius 2 is 2.24 bits per heavy atom. The van der Waals surface area contributed by atoms with Crippen LogP contribution in [0.3, 0.4) is 0 Å². The number of aryl methyl sites for hydroxylation is 1. The normalized spacial score (nSPS) is 20.5. The van der Waals surface area contributed by atoms with Gasteiger partial charge in [0.1, 0.15) is 12.4 Å². The highest BCUT2D eigenvalue weighted by molar-refractivity contribution is 5.80. The molecule has 3 aromatic rings. The van der Waals surface area contributed by atoms with Gasteiger partial charge in [-0.05, 0) is 13.0 Å². The number of hydrogen-bond acceptors (Lipinski definition) is 5. The molecule has 1 fully saturated rings. The Bertz CT molecular complexity index is 868. The van der Waals surface area contributed by atoms with E-state index in [1.807, 2.05) is 37.4 Å².